The Labute approximate surface area is 167 Å². The molecular weight excluding hydrogens is 376 g/mol. The van der Waals surface area contributed by atoms with Gasteiger partial charge < -0.3 is 9.84 Å². The van der Waals surface area contributed by atoms with Gasteiger partial charge in [-0.15, -0.1) is 0 Å². The molecule has 1 heterocycles. The molecule has 28 heavy (non-hydrogen) atoms. The second-order valence-corrected chi connectivity index (χ2v) is 8.94. The maximum absolute atomic E-state index is 12.9. The van der Waals surface area contributed by atoms with Crippen molar-refractivity contribution in [3.8, 4) is 5.75 Å². The third-order valence-corrected chi connectivity index (χ3v) is 7.09. The van der Waals surface area contributed by atoms with Crippen LogP contribution in [0.5, 0.6) is 5.75 Å². The molecule has 0 aromatic heterocycles. The van der Waals surface area contributed by atoms with Crippen LogP contribution in [0.4, 0.5) is 0 Å². The van der Waals surface area contributed by atoms with Gasteiger partial charge in [-0.1, -0.05) is 31.2 Å². The number of sulfonamides is 1. The fraction of sp³-hybridized carbons (Fsp3) is 0.429. The van der Waals surface area contributed by atoms with E-state index in [2.05, 4.69) is 18.7 Å². The Morgan fingerprint density at radius 1 is 1.14 bits per heavy atom. The van der Waals surface area contributed by atoms with E-state index in [0.717, 1.165) is 17.7 Å². The molecule has 1 atom stereocenters. The van der Waals surface area contributed by atoms with Crippen LogP contribution in [0.15, 0.2) is 53.4 Å². The summed E-state index contributed by atoms with van der Waals surface area (Å²) in [6, 6.07) is 14.5. The van der Waals surface area contributed by atoms with Gasteiger partial charge in [0.05, 0.1) is 18.1 Å². The van der Waals surface area contributed by atoms with Crippen LogP contribution in [0.3, 0.4) is 0 Å². The number of nitrogens with zero attached hydrogens (tertiary/aromatic N) is 2. The van der Waals surface area contributed by atoms with Crippen LogP contribution in [0.1, 0.15) is 31.0 Å². The summed E-state index contributed by atoms with van der Waals surface area (Å²) in [6.07, 6.45) is 0. The Hall–Kier alpha value is -1.93. The molecule has 0 aliphatic carbocycles. The van der Waals surface area contributed by atoms with Crippen LogP contribution in [-0.2, 0) is 21.3 Å². The van der Waals surface area contributed by atoms with E-state index in [9.17, 15) is 13.5 Å². The van der Waals surface area contributed by atoms with Crippen LogP contribution in [0, 0.1) is 0 Å². The molecule has 3 rings (SSSR count). The second-order valence-electron chi connectivity index (χ2n) is 7.00. The number of phenolic OH excluding ortho intramolecular Hbond substituents is 1. The summed E-state index contributed by atoms with van der Waals surface area (Å²) >= 11 is 0. The van der Waals surface area contributed by atoms with Gasteiger partial charge in [0.15, 0.2) is 0 Å². The lowest BCUT2D eigenvalue weighted by Crippen LogP contribution is -2.40. The van der Waals surface area contributed by atoms with E-state index in [-0.39, 0.29) is 11.8 Å². The predicted octanol–water partition coefficient (Wildman–Crippen LogP) is 3.00. The van der Waals surface area contributed by atoms with Crippen molar-refractivity contribution < 1.29 is 18.3 Å². The summed E-state index contributed by atoms with van der Waals surface area (Å²) in [7, 11) is -3.50. The second kappa shape index (κ2) is 9.05. The van der Waals surface area contributed by atoms with Crippen molar-refractivity contribution in [3.05, 3.63) is 59.7 Å². The van der Waals surface area contributed by atoms with Crippen LogP contribution in [0.2, 0.25) is 0 Å². The Morgan fingerprint density at radius 2 is 1.86 bits per heavy atom. The molecule has 2 aromatic rings. The fourth-order valence-corrected chi connectivity index (χ4v) is 4.97. The first kappa shape index (κ1) is 20.8. The van der Waals surface area contributed by atoms with Gasteiger partial charge in [-0.3, -0.25) is 4.90 Å². The van der Waals surface area contributed by atoms with E-state index in [1.54, 1.807) is 30.3 Å². The van der Waals surface area contributed by atoms with Gasteiger partial charge in [0.2, 0.25) is 10.0 Å². The summed E-state index contributed by atoms with van der Waals surface area (Å²) in [5.74, 6) is 0.249. The minimum absolute atomic E-state index is 0.0941. The quantitative estimate of drug-likeness (QED) is 0.768. The molecule has 0 saturated carbocycles. The Balaban J connectivity index is 1.79. The summed E-state index contributed by atoms with van der Waals surface area (Å²) in [4.78, 5) is 2.57. The van der Waals surface area contributed by atoms with Gasteiger partial charge in [-0.2, -0.15) is 4.31 Å². The van der Waals surface area contributed by atoms with Crippen LogP contribution < -0.4 is 0 Å². The van der Waals surface area contributed by atoms with Crippen LogP contribution >= 0.6 is 0 Å². The third-order valence-electron chi connectivity index (χ3n) is 5.20. The number of benzene rings is 2. The molecule has 1 aliphatic rings. The zero-order valence-electron chi connectivity index (χ0n) is 16.4. The minimum atomic E-state index is -3.50. The van der Waals surface area contributed by atoms with Crippen molar-refractivity contribution in [1.29, 1.82) is 0 Å². The molecule has 0 bridgehead atoms. The van der Waals surface area contributed by atoms with E-state index in [4.69, 9.17) is 4.74 Å². The Kier molecular flexibility index (Phi) is 6.72. The molecule has 152 valence electrons. The number of rotatable bonds is 7. The average Bonchev–Trinajstić information content (AvgIpc) is 2.72. The van der Waals surface area contributed by atoms with Gasteiger partial charge in [0.1, 0.15) is 5.75 Å². The maximum atomic E-state index is 12.9. The SMILES string of the molecule is CCN(Cc1cccc(S(=O)(=O)N2CCOCC2)c1)[C@@H](C)c1cccc(O)c1. The number of phenols is 1. The largest absolute Gasteiger partial charge is 0.508 e. The average molecular weight is 405 g/mol. The highest BCUT2D eigenvalue weighted by Crippen LogP contribution is 2.26. The Morgan fingerprint density at radius 3 is 2.54 bits per heavy atom. The summed E-state index contributed by atoms with van der Waals surface area (Å²) in [5, 5.41) is 9.76. The molecule has 1 saturated heterocycles. The minimum Gasteiger partial charge on any atom is -0.508 e. The zero-order chi connectivity index (χ0) is 20.1. The standard InChI is InChI=1S/C21H28N2O4S/c1-3-22(17(2)19-7-5-8-20(24)15-19)16-18-6-4-9-21(14-18)28(25,26)23-10-12-27-13-11-23/h4-9,14-15,17,24H,3,10-13,16H2,1-2H3/t17-/m0/s1. The smallest absolute Gasteiger partial charge is 0.243 e. The lowest BCUT2D eigenvalue weighted by Gasteiger charge is -2.29. The topological polar surface area (TPSA) is 70.1 Å². The number of hydrogen-bond donors (Lipinski definition) is 1. The molecule has 0 radical (unpaired) electrons. The van der Waals surface area contributed by atoms with E-state index >= 15 is 0 Å². The van der Waals surface area contributed by atoms with Crippen molar-refractivity contribution in [2.75, 3.05) is 32.8 Å². The first-order chi connectivity index (χ1) is 13.4. The van der Waals surface area contributed by atoms with E-state index in [1.165, 1.54) is 4.31 Å². The Bertz CT molecular complexity index is 895. The summed E-state index contributed by atoms with van der Waals surface area (Å²) in [5.41, 5.74) is 1.97. The van der Waals surface area contributed by atoms with Crippen molar-refractivity contribution in [2.24, 2.45) is 0 Å². The van der Waals surface area contributed by atoms with Gasteiger partial charge in [-0.05, 0) is 48.9 Å². The monoisotopic (exact) mass is 404 g/mol. The lowest BCUT2D eigenvalue weighted by atomic mass is 10.1. The molecule has 6 nitrogen and oxygen atoms in total. The maximum Gasteiger partial charge on any atom is 0.243 e. The highest BCUT2D eigenvalue weighted by Gasteiger charge is 2.26. The number of morpholine rings is 1. The van der Waals surface area contributed by atoms with Gasteiger partial charge >= 0.3 is 0 Å². The van der Waals surface area contributed by atoms with Gasteiger partial charge in [0, 0.05) is 25.7 Å². The van der Waals surface area contributed by atoms with Crippen molar-refractivity contribution in [1.82, 2.24) is 9.21 Å². The lowest BCUT2D eigenvalue weighted by molar-refractivity contribution is 0.0730. The molecule has 0 spiro atoms. The molecule has 0 unspecified atom stereocenters. The first-order valence-corrected chi connectivity index (χ1v) is 11.1. The highest BCUT2D eigenvalue weighted by molar-refractivity contribution is 7.89. The van der Waals surface area contributed by atoms with Crippen molar-refractivity contribution in [3.63, 3.8) is 0 Å². The van der Waals surface area contributed by atoms with E-state index in [1.807, 2.05) is 18.2 Å². The summed E-state index contributed by atoms with van der Waals surface area (Å²) in [6.45, 7) is 7.25. The molecule has 1 fully saturated rings. The van der Waals surface area contributed by atoms with Gasteiger partial charge in [-0.25, -0.2) is 8.42 Å². The van der Waals surface area contributed by atoms with Crippen LogP contribution in [0.25, 0.3) is 0 Å². The number of aromatic hydroxyl groups is 1. The fourth-order valence-electron chi connectivity index (χ4n) is 3.49. The number of ether oxygens (including phenoxy) is 1. The summed E-state index contributed by atoms with van der Waals surface area (Å²) < 4.78 is 32.6. The number of hydrogen-bond acceptors (Lipinski definition) is 5. The zero-order valence-corrected chi connectivity index (χ0v) is 17.2. The normalized spacial score (nSPS) is 17.0. The highest BCUT2D eigenvalue weighted by atomic mass is 32.2. The van der Waals surface area contributed by atoms with Crippen LogP contribution in [-0.4, -0.2) is 55.6 Å². The molecule has 1 N–H and O–H groups in total. The van der Waals surface area contributed by atoms with E-state index in [0.29, 0.717) is 37.7 Å². The third kappa shape index (κ3) is 4.72. The molecule has 1 aliphatic heterocycles. The molecular formula is C21H28N2O4S. The first-order valence-electron chi connectivity index (χ1n) is 9.61. The van der Waals surface area contributed by atoms with E-state index < -0.39 is 10.0 Å². The molecule has 7 heteroatoms. The van der Waals surface area contributed by atoms with Gasteiger partial charge in [0.25, 0.3) is 0 Å². The van der Waals surface area contributed by atoms with Crippen molar-refractivity contribution >= 4 is 10.0 Å². The van der Waals surface area contributed by atoms with Crippen molar-refractivity contribution in [2.45, 2.75) is 31.3 Å². The predicted molar refractivity (Wildman–Crippen MR) is 109 cm³/mol. The molecule has 2 aromatic carbocycles. The molecule has 0 amide bonds.